The number of nitrogens with zero attached hydrogens (tertiary/aromatic N) is 3. The number of rotatable bonds is 5. The summed E-state index contributed by atoms with van der Waals surface area (Å²) < 4.78 is 29.5. The highest BCUT2D eigenvalue weighted by molar-refractivity contribution is 9.10. The van der Waals surface area contributed by atoms with E-state index in [2.05, 4.69) is 26.1 Å². The summed E-state index contributed by atoms with van der Waals surface area (Å²) in [6.45, 7) is 0. The number of carbonyl (C=O) groups is 1. The van der Waals surface area contributed by atoms with Crippen LogP contribution in [-0.4, -0.2) is 59.8 Å². The molecule has 7 nitrogen and oxygen atoms in total. The minimum Gasteiger partial charge on any atom is -0.411 e. The fourth-order valence-corrected chi connectivity index (χ4v) is 5.44. The molecular weight excluding hydrogens is 430 g/mol. The number of benzene rings is 1. The highest BCUT2D eigenvalue weighted by Gasteiger charge is 2.32. The molecule has 1 atom stereocenters. The van der Waals surface area contributed by atoms with Crippen LogP contribution in [0.1, 0.15) is 6.42 Å². The molecule has 3 rings (SSSR count). The Kier molecular flexibility index (Phi) is 5.49. The minimum absolute atomic E-state index is 0.0344. The molecule has 0 aliphatic carbocycles. The zero-order valence-electron chi connectivity index (χ0n) is 13.4. The molecule has 2 heterocycles. The Hall–Kier alpha value is -1.39. The average Bonchev–Trinajstić information content (AvgIpc) is 3.18. The first-order valence-corrected chi connectivity index (χ1v) is 11.1. The second kappa shape index (κ2) is 7.46. The predicted octanol–water partition coefficient (Wildman–Crippen LogP) is 2.24. The number of thioether (sulfide) groups is 1. The van der Waals surface area contributed by atoms with Crippen LogP contribution in [0.3, 0.4) is 0 Å². The second-order valence-corrected chi connectivity index (χ2v) is 9.71. The van der Waals surface area contributed by atoms with E-state index in [1.165, 1.54) is 4.90 Å². The SMILES string of the molecule is CN(C(=O)CSc1nnc(-c2ccccc2Br)o1)[C@@H]1CCS(=O)(=O)C1. The minimum atomic E-state index is -3.02. The van der Waals surface area contributed by atoms with Gasteiger partial charge < -0.3 is 9.32 Å². The number of amides is 1. The van der Waals surface area contributed by atoms with Gasteiger partial charge in [-0.25, -0.2) is 8.42 Å². The van der Waals surface area contributed by atoms with Gasteiger partial charge in [-0.1, -0.05) is 23.9 Å². The summed E-state index contributed by atoms with van der Waals surface area (Å²) in [6, 6.07) is 7.23. The Morgan fingerprint density at radius 2 is 2.16 bits per heavy atom. The summed E-state index contributed by atoms with van der Waals surface area (Å²) in [6.07, 6.45) is 0.488. The number of carbonyl (C=O) groups excluding carboxylic acids is 1. The van der Waals surface area contributed by atoms with Crippen LogP contribution < -0.4 is 0 Å². The molecule has 10 heteroatoms. The van der Waals surface area contributed by atoms with Crippen LogP contribution in [-0.2, 0) is 14.6 Å². The lowest BCUT2D eigenvalue weighted by molar-refractivity contribution is -0.128. The van der Waals surface area contributed by atoms with Crippen LogP contribution >= 0.6 is 27.7 Å². The molecule has 134 valence electrons. The van der Waals surface area contributed by atoms with Crippen molar-refractivity contribution in [2.24, 2.45) is 0 Å². The number of hydrogen-bond acceptors (Lipinski definition) is 7. The molecule has 1 fully saturated rings. The Morgan fingerprint density at radius 1 is 1.40 bits per heavy atom. The Bertz CT molecular complexity index is 884. The number of hydrogen-bond donors (Lipinski definition) is 0. The van der Waals surface area contributed by atoms with Gasteiger partial charge in [0, 0.05) is 17.6 Å². The zero-order chi connectivity index (χ0) is 18.0. The second-order valence-electron chi connectivity index (χ2n) is 5.70. The zero-order valence-corrected chi connectivity index (χ0v) is 16.6. The van der Waals surface area contributed by atoms with Gasteiger partial charge in [-0.15, -0.1) is 10.2 Å². The molecule has 0 radical (unpaired) electrons. The fourth-order valence-electron chi connectivity index (χ4n) is 2.52. The topological polar surface area (TPSA) is 93.4 Å². The van der Waals surface area contributed by atoms with E-state index >= 15 is 0 Å². The first-order chi connectivity index (χ1) is 11.9. The van der Waals surface area contributed by atoms with Crippen molar-refractivity contribution in [3.63, 3.8) is 0 Å². The molecule has 1 aromatic carbocycles. The third-order valence-electron chi connectivity index (χ3n) is 3.98. The third-order valence-corrected chi connectivity index (χ3v) is 7.22. The van der Waals surface area contributed by atoms with Gasteiger partial charge in [0.15, 0.2) is 9.84 Å². The quantitative estimate of drug-likeness (QED) is 0.651. The highest BCUT2D eigenvalue weighted by Crippen LogP contribution is 2.29. The monoisotopic (exact) mass is 445 g/mol. The molecule has 0 unspecified atom stereocenters. The summed E-state index contributed by atoms with van der Waals surface area (Å²) in [5.74, 6) is 0.504. The first kappa shape index (κ1) is 18.4. The molecule has 0 spiro atoms. The number of halogens is 1. The van der Waals surface area contributed by atoms with Gasteiger partial charge in [-0.2, -0.15) is 0 Å². The van der Waals surface area contributed by atoms with Gasteiger partial charge in [-0.05, 0) is 34.5 Å². The van der Waals surface area contributed by atoms with Crippen LogP contribution in [0.15, 0.2) is 38.4 Å². The van der Waals surface area contributed by atoms with Crippen molar-refractivity contribution in [2.75, 3.05) is 24.3 Å². The van der Waals surface area contributed by atoms with Crippen molar-refractivity contribution in [3.8, 4) is 11.5 Å². The van der Waals surface area contributed by atoms with Crippen LogP contribution in [0.25, 0.3) is 11.5 Å². The van der Waals surface area contributed by atoms with Crippen LogP contribution in [0.4, 0.5) is 0 Å². The molecule has 2 aromatic rings. The van der Waals surface area contributed by atoms with Crippen molar-refractivity contribution in [2.45, 2.75) is 17.7 Å². The van der Waals surface area contributed by atoms with Crippen LogP contribution in [0.2, 0.25) is 0 Å². The molecule has 0 N–H and O–H groups in total. The summed E-state index contributed by atoms with van der Waals surface area (Å²) >= 11 is 4.57. The van der Waals surface area contributed by atoms with E-state index in [0.29, 0.717) is 17.5 Å². The highest BCUT2D eigenvalue weighted by atomic mass is 79.9. The smallest absolute Gasteiger partial charge is 0.277 e. The lowest BCUT2D eigenvalue weighted by atomic mass is 10.2. The largest absolute Gasteiger partial charge is 0.411 e. The van der Waals surface area contributed by atoms with E-state index in [4.69, 9.17) is 4.42 Å². The summed E-state index contributed by atoms with van der Waals surface area (Å²) in [7, 11) is -1.38. The van der Waals surface area contributed by atoms with Crippen LogP contribution in [0, 0.1) is 0 Å². The lowest BCUT2D eigenvalue weighted by Crippen LogP contribution is -2.38. The molecule has 1 saturated heterocycles. The molecule has 1 aliphatic heterocycles. The Balaban J connectivity index is 1.59. The van der Waals surface area contributed by atoms with Gasteiger partial charge in [-0.3, -0.25) is 4.79 Å². The van der Waals surface area contributed by atoms with Gasteiger partial charge in [0.05, 0.1) is 22.8 Å². The molecule has 25 heavy (non-hydrogen) atoms. The van der Waals surface area contributed by atoms with Crippen molar-refractivity contribution in [3.05, 3.63) is 28.7 Å². The molecule has 0 saturated carbocycles. The summed E-state index contributed by atoms with van der Waals surface area (Å²) in [5.41, 5.74) is 0.779. The lowest BCUT2D eigenvalue weighted by Gasteiger charge is -2.22. The van der Waals surface area contributed by atoms with E-state index in [1.54, 1.807) is 7.05 Å². The maximum Gasteiger partial charge on any atom is 0.277 e. The fraction of sp³-hybridized carbons (Fsp3) is 0.400. The Morgan fingerprint density at radius 3 is 2.84 bits per heavy atom. The van der Waals surface area contributed by atoms with Gasteiger partial charge >= 0.3 is 0 Å². The standard InChI is InChI=1S/C15H16BrN3O4S2/c1-19(10-6-7-25(21,22)9-10)13(20)8-24-15-18-17-14(23-15)11-4-2-3-5-12(11)16/h2-5,10H,6-9H2,1H3/t10-/m1/s1. The van der Waals surface area contributed by atoms with E-state index in [0.717, 1.165) is 21.8 Å². The van der Waals surface area contributed by atoms with E-state index in [-0.39, 0.29) is 29.2 Å². The van der Waals surface area contributed by atoms with Crippen molar-refractivity contribution >= 4 is 43.4 Å². The maximum atomic E-state index is 12.3. The molecule has 0 bridgehead atoms. The third kappa shape index (κ3) is 4.42. The first-order valence-electron chi connectivity index (χ1n) is 7.53. The number of aromatic nitrogens is 2. The van der Waals surface area contributed by atoms with Crippen molar-refractivity contribution < 1.29 is 17.6 Å². The predicted molar refractivity (Wildman–Crippen MR) is 98.0 cm³/mol. The molecule has 1 aliphatic rings. The van der Waals surface area contributed by atoms with Gasteiger partial charge in [0.1, 0.15) is 0 Å². The van der Waals surface area contributed by atoms with E-state index in [1.807, 2.05) is 24.3 Å². The van der Waals surface area contributed by atoms with Crippen molar-refractivity contribution in [1.82, 2.24) is 15.1 Å². The normalized spacial score (nSPS) is 19.0. The summed E-state index contributed by atoms with van der Waals surface area (Å²) in [4.78, 5) is 13.8. The van der Waals surface area contributed by atoms with E-state index < -0.39 is 9.84 Å². The van der Waals surface area contributed by atoms with Crippen molar-refractivity contribution in [1.29, 1.82) is 0 Å². The van der Waals surface area contributed by atoms with Gasteiger partial charge in [0.2, 0.25) is 11.8 Å². The summed E-state index contributed by atoms with van der Waals surface area (Å²) in [5, 5.41) is 8.24. The molecule has 1 amide bonds. The molecular formula is C15H16BrN3O4S2. The maximum absolute atomic E-state index is 12.3. The Labute approximate surface area is 158 Å². The van der Waals surface area contributed by atoms with Gasteiger partial charge in [0.25, 0.3) is 5.22 Å². The average molecular weight is 446 g/mol. The molecule has 1 aromatic heterocycles. The number of sulfone groups is 1. The van der Waals surface area contributed by atoms with E-state index in [9.17, 15) is 13.2 Å². The van der Waals surface area contributed by atoms with Crippen LogP contribution in [0.5, 0.6) is 0 Å².